The van der Waals surface area contributed by atoms with Gasteiger partial charge in [0.05, 0.1) is 5.69 Å². The van der Waals surface area contributed by atoms with Crippen LogP contribution in [0.2, 0.25) is 0 Å². The molecule has 37 heavy (non-hydrogen) atoms. The number of hydrogen-bond acceptors (Lipinski definition) is 5. The molecule has 0 spiro atoms. The Bertz CT molecular complexity index is 1030. The molecule has 2 aromatic rings. The van der Waals surface area contributed by atoms with Crippen molar-refractivity contribution < 1.29 is 11.0 Å². The van der Waals surface area contributed by atoms with E-state index >= 15 is 0 Å². The van der Waals surface area contributed by atoms with Crippen molar-refractivity contribution >= 4 is 23.5 Å². The van der Waals surface area contributed by atoms with E-state index in [1.54, 1.807) is 0 Å². The van der Waals surface area contributed by atoms with Gasteiger partial charge in [-0.1, -0.05) is 90.5 Å². The number of pyridine rings is 1. The van der Waals surface area contributed by atoms with Crippen molar-refractivity contribution in [2.24, 2.45) is 4.99 Å². The molecule has 5 nitrogen and oxygen atoms in total. The minimum Gasteiger partial charge on any atom is -0.383 e. The standard InChI is InChI=1S/C27H35N3.2C2H6.CO2.H2/c1-7-10-11-15-27-25(21(8-2)19-28-4)16-17-26(29-27)24-14-12-13-23(18-24)22(9-3)20-30(5)6;2*1-2;2-1-3;/h8-9,12-14,16-20H,3,7,10-11,15H2,1-2,4-6H3;2*1-2H3;;1H/b21-8+,22-20+,28-19?;;;;. The summed E-state index contributed by atoms with van der Waals surface area (Å²) in [7, 11) is 5.86. The molecule has 1 aromatic heterocycles. The molecule has 0 radical (unpaired) electrons. The molecule has 1 heterocycles. The van der Waals surface area contributed by atoms with Gasteiger partial charge in [-0.2, -0.15) is 9.59 Å². The Morgan fingerprint density at radius 2 is 1.73 bits per heavy atom. The predicted molar refractivity (Wildman–Crippen MR) is 163 cm³/mol. The number of carbonyl (C=O) groups excluding carboxylic acids is 2. The smallest absolute Gasteiger partial charge is 0.373 e. The number of hydrogen-bond donors (Lipinski definition) is 0. The predicted octanol–water partition coefficient (Wildman–Crippen LogP) is 8.39. The maximum atomic E-state index is 8.12. The van der Waals surface area contributed by atoms with E-state index < -0.39 is 0 Å². The fraction of sp³-hybridized carbons (Fsp3) is 0.406. The van der Waals surface area contributed by atoms with Crippen molar-refractivity contribution in [1.82, 2.24) is 9.88 Å². The van der Waals surface area contributed by atoms with Gasteiger partial charge in [0.15, 0.2) is 0 Å². The first-order chi connectivity index (χ1) is 17.9. The monoisotopic (exact) mass is 507 g/mol. The van der Waals surface area contributed by atoms with Crippen LogP contribution in [0.3, 0.4) is 0 Å². The van der Waals surface area contributed by atoms with E-state index in [0.29, 0.717) is 0 Å². The van der Waals surface area contributed by atoms with E-state index in [9.17, 15) is 0 Å². The fourth-order valence-corrected chi connectivity index (χ4v) is 3.48. The summed E-state index contributed by atoms with van der Waals surface area (Å²) in [6, 6.07) is 12.8. The lowest BCUT2D eigenvalue weighted by atomic mass is 9.98. The van der Waals surface area contributed by atoms with E-state index in [1.807, 2.05) is 66.0 Å². The summed E-state index contributed by atoms with van der Waals surface area (Å²) in [5, 5.41) is 0. The molecule has 0 aliphatic heterocycles. The average molecular weight is 508 g/mol. The molecule has 0 aliphatic rings. The topological polar surface area (TPSA) is 62.6 Å². The highest BCUT2D eigenvalue weighted by Gasteiger charge is 2.11. The van der Waals surface area contributed by atoms with E-state index in [4.69, 9.17) is 14.6 Å². The Morgan fingerprint density at radius 1 is 1.08 bits per heavy atom. The number of benzene rings is 1. The van der Waals surface area contributed by atoms with Gasteiger partial charge in [-0.05, 0) is 48.6 Å². The summed E-state index contributed by atoms with van der Waals surface area (Å²) in [6.07, 6.45) is 12.8. The van der Waals surface area contributed by atoms with Crippen LogP contribution in [0.4, 0.5) is 0 Å². The summed E-state index contributed by atoms with van der Waals surface area (Å²) in [4.78, 5) is 27.6. The molecule has 0 bridgehead atoms. The van der Waals surface area contributed by atoms with Crippen LogP contribution in [0.25, 0.3) is 22.4 Å². The molecule has 0 amide bonds. The number of rotatable bonds is 10. The average Bonchev–Trinajstić information content (AvgIpc) is 2.93. The minimum atomic E-state index is 0. The zero-order chi connectivity index (χ0) is 28.6. The lowest BCUT2D eigenvalue weighted by Crippen LogP contribution is -2.02. The molecule has 1 aromatic carbocycles. The van der Waals surface area contributed by atoms with Crippen molar-refractivity contribution in [1.29, 1.82) is 0 Å². The molecule has 0 saturated carbocycles. The Kier molecular flexibility index (Phi) is 22.0. The SMILES string of the molecule is C=C/C(=C\N(C)C)c1cccc(-c2ccc(/C(C=NC)=C/C)c(CCCCC)n2)c1.CC.CC.O=C=O.[HH]. The Labute approximate surface area is 227 Å². The van der Waals surface area contributed by atoms with Gasteiger partial charge in [-0.25, -0.2) is 0 Å². The second kappa shape index (κ2) is 22.9. The van der Waals surface area contributed by atoms with Crippen LogP contribution in [0.5, 0.6) is 0 Å². The number of aliphatic imine (C=N–C) groups is 1. The Balaban J connectivity index is -0.00000140. The molecule has 5 heteroatoms. The Morgan fingerprint density at radius 3 is 2.24 bits per heavy atom. The van der Waals surface area contributed by atoms with Gasteiger partial charge in [0.1, 0.15) is 0 Å². The van der Waals surface area contributed by atoms with Crippen LogP contribution in [-0.2, 0) is 16.0 Å². The molecule has 2 rings (SSSR count). The first-order valence-electron chi connectivity index (χ1n) is 13.1. The molecular weight excluding hydrogens is 458 g/mol. The molecule has 204 valence electrons. The summed E-state index contributed by atoms with van der Waals surface area (Å²) in [5.74, 6) is 0. The maximum Gasteiger partial charge on any atom is 0.373 e. The van der Waals surface area contributed by atoms with Gasteiger partial charge in [0.25, 0.3) is 0 Å². The van der Waals surface area contributed by atoms with Gasteiger partial charge in [0.2, 0.25) is 0 Å². The molecule has 0 unspecified atom stereocenters. The lowest BCUT2D eigenvalue weighted by molar-refractivity contribution is -0.191. The molecule has 0 aliphatic carbocycles. The highest BCUT2D eigenvalue weighted by Crippen LogP contribution is 2.27. The van der Waals surface area contributed by atoms with Crippen LogP contribution in [0, 0.1) is 0 Å². The summed E-state index contributed by atoms with van der Waals surface area (Å²) in [6.45, 7) is 16.3. The summed E-state index contributed by atoms with van der Waals surface area (Å²) < 4.78 is 0. The summed E-state index contributed by atoms with van der Waals surface area (Å²) >= 11 is 0. The molecule has 0 atom stereocenters. The quantitative estimate of drug-likeness (QED) is 0.184. The maximum absolute atomic E-state index is 8.12. The Hall–Kier alpha value is -3.56. The van der Waals surface area contributed by atoms with Crippen molar-refractivity contribution in [3.8, 4) is 11.3 Å². The van der Waals surface area contributed by atoms with Gasteiger partial charge in [-0.3, -0.25) is 9.98 Å². The third kappa shape index (κ3) is 13.4. The lowest BCUT2D eigenvalue weighted by Gasteiger charge is -2.13. The van der Waals surface area contributed by atoms with Gasteiger partial charge >= 0.3 is 6.15 Å². The molecule has 0 saturated heterocycles. The third-order valence-electron chi connectivity index (χ3n) is 4.99. The van der Waals surface area contributed by atoms with Crippen LogP contribution in [0.1, 0.15) is 79.1 Å². The number of aromatic nitrogens is 1. The van der Waals surface area contributed by atoms with Gasteiger partial charge in [0, 0.05) is 51.8 Å². The molecule has 0 N–H and O–H groups in total. The van der Waals surface area contributed by atoms with Crippen molar-refractivity contribution in [3.63, 3.8) is 0 Å². The summed E-state index contributed by atoms with van der Waals surface area (Å²) in [5.41, 5.74) is 7.81. The first kappa shape index (κ1) is 35.6. The van der Waals surface area contributed by atoms with E-state index in [2.05, 4.69) is 74.1 Å². The first-order valence-corrected chi connectivity index (χ1v) is 13.1. The van der Waals surface area contributed by atoms with Crippen LogP contribution in [-0.4, -0.2) is 43.4 Å². The largest absolute Gasteiger partial charge is 0.383 e. The third-order valence-corrected chi connectivity index (χ3v) is 4.99. The van der Waals surface area contributed by atoms with E-state index in [1.165, 1.54) is 18.4 Å². The second-order valence-electron chi connectivity index (χ2n) is 7.70. The number of allylic oxidation sites excluding steroid dienone is 4. The zero-order valence-corrected chi connectivity index (χ0v) is 24.5. The van der Waals surface area contributed by atoms with E-state index in [0.717, 1.165) is 46.5 Å². The minimum absolute atomic E-state index is 0. The van der Waals surface area contributed by atoms with Crippen molar-refractivity contribution in [3.05, 3.63) is 78.1 Å². The second-order valence-corrected chi connectivity index (χ2v) is 7.70. The number of nitrogens with zero attached hydrogens (tertiary/aromatic N) is 3. The van der Waals surface area contributed by atoms with Gasteiger partial charge in [-0.15, -0.1) is 0 Å². The van der Waals surface area contributed by atoms with Crippen molar-refractivity contribution in [2.45, 2.75) is 67.2 Å². The number of unbranched alkanes of at least 4 members (excludes halogenated alkanes) is 2. The number of aryl methyl sites for hydroxylation is 1. The molecule has 0 fully saturated rings. The normalized spacial score (nSPS) is 10.6. The van der Waals surface area contributed by atoms with E-state index in [-0.39, 0.29) is 7.58 Å². The van der Waals surface area contributed by atoms with Gasteiger partial charge < -0.3 is 4.90 Å². The van der Waals surface area contributed by atoms with Crippen LogP contribution in [0.15, 0.2) is 66.3 Å². The highest BCUT2D eigenvalue weighted by molar-refractivity contribution is 6.10. The molecular formula is C32H49N3O2. The fourth-order valence-electron chi connectivity index (χ4n) is 3.48. The van der Waals surface area contributed by atoms with Crippen molar-refractivity contribution in [2.75, 3.05) is 21.1 Å². The zero-order valence-electron chi connectivity index (χ0n) is 24.5. The highest BCUT2D eigenvalue weighted by atomic mass is 16.2. The van der Waals surface area contributed by atoms with Crippen LogP contribution >= 0.6 is 0 Å². The van der Waals surface area contributed by atoms with Crippen LogP contribution < -0.4 is 0 Å².